The number of nitrogens with zero attached hydrogens (tertiary/aromatic N) is 1. The molecule has 4 rings (SSSR count). The van der Waals surface area contributed by atoms with Crippen LogP contribution in [0, 0.1) is 20.8 Å². The summed E-state index contributed by atoms with van der Waals surface area (Å²) in [5.41, 5.74) is 6.78. The van der Waals surface area contributed by atoms with E-state index >= 15 is 0 Å². The first kappa shape index (κ1) is 15.1. The van der Waals surface area contributed by atoms with E-state index in [0.717, 1.165) is 46.3 Å². The molecule has 1 amide bonds. The lowest BCUT2D eigenvalue weighted by atomic mass is 9.79. The number of rotatable bonds is 1. The van der Waals surface area contributed by atoms with Gasteiger partial charge in [0.1, 0.15) is 5.92 Å². The molecule has 2 heterocycles. The van der Waals surface area contributed by atoms with E-state index in [0.29, 0.717) is 12.1 Å². The van der Waals surface area contributed by atoms with Crippen LogP contribution in [0.5, 0.6) is 0 Å². The smallest absolute Gasteiger partial charge is 0.242 e. The molecule has 2 aliphatic rings. The Balaban J connectivity index is 1.94. The second kappa shape index (κ2) is 5.30. The van der Waals surface area contributed by atoms with Crippen LogP contribution in [0.15, 0.2) is 30.3 Å². The Morgan fingerprint density at radius 2 is 1.75 bits per heavy atom. The molecule has 0 saturated carbocycles. The summed E-state index contributed by atoms with van der Waals surface area (Å²) >= 11 is 0. The first-order valence-electron chi connectivity index (χ1n) is 8.54. The molecule has 0 fully saturated rings. The van der Waals surface area contributed by atoms with Crippen LogP contribution in [0.1, 0.15) is 50.5 Å². The highest BCUT2D eigenvalue weighted by Crippen LogP contribution is 2.41. The number of Topliss-reactive ketones (excluding diaryl/α,β-unsaturated/α-hetero) is 1. The maximum Gasteiger partial charge on any atom is 0.242 e. The third-order valence-electron chi connectivity index (χ3n) is 5.28. The molecule has 2 aliphatic heterocycles. The number of aryl methyl sites for hydroxylation is 4. The Bertz CT molecular complexity index is 858. The van der Waals surface area contributed by atoms with Gasteiger partial charge in [0.2, 0.25) is 5.91 Å². The fraction of sp³-hybridized carbons (Fsp3) is 0.333. The van der Waals surface area contributed by atoms with Gasteiger partial charge in [-0.05, 0) is 61.9 Å². The molecule has 2 aromatic rings. The van der Waals surface area contributed by atoms with Crippen LogP contribution in [-0.4, -0.2) is 18.2 Å². The second-order valence-corrected chi connectivity index (χ2v) is 7.02. The molecule has 2 aromatic carbocycles. The monoisotopic (exact) mass is 319 g/mol. The SMILES string of the molecule is Cc1cc(C)c(C2C(=O)c3cccc4c3N(CCC4)C2=O)c(C)c1. The minimum Gasteiger partial charge on any atom is -0.310 e. The number of carbonyl (C=O) groups is 2. The number of hydrogen-bond acceptors (Lipinski definition) is 2. The predicted octanol–water partition coefficient (Wildman–Crippen LogP) is 3.87. The summed E-state index contributed by atoms with van der Waals surface area (Å²) in [5.74, 6) is -0.814. The number of anilines is 1. The van der Waals surface area contributed by atoms with E-state index in [1.165, 1.54) is 0 Å². The number of para-hydroxylation sites is 1. The van der Waals surface area contributed by atoms with Crippen molar-refractivity contribution in [3.63, 3.8) is 0 Å². The van der Waals surface area contributed by atoms with Crippen LogP contribution < -0.4 is 4.90 Å². The van der Waals surface area contributed by atoms with E-state index in [9.17, 15) is 9.59 Å². The highest BCUT2D eigenvalue weighted by atomic mass is 16.2. The molecule has 0 aromatic heterocycles. The minimum atomic E-state index is -0.702. The molecule has 0 saturated heterocycles. The summed E-state index contributed by atoms with van der Waals surface area (Å²) in [7, 11) is 0. The van der Waals surface area contributed by atoms with Crippen LogP contribution in [-0.2, 0) is 11.2 Å². The lowest BCUT2D eigenvalue weighted by molar-refractivity contribution is -0.119. The van der Waals surface area contributed by atoms with Crippen molar-refractivity contribution in [2.45, 2.75) is 39.5 Å². The van der Waals surface area contributed by atoms with Gasteiger partial charge in [-0.3, -0.25) is 9.59 Å². The number of amides is 1. The fourth-order valence-electron chi connectivity index (χ4n) is 4.40. The molecule has 3 nitrogen and oxygen atoms in total. The summed E-state index contributed by atoms with van der Waals surface area (Å²) in [6.07, 6.45) is 1.89. The van der Waals surface area contributed by atoms with Crippen LogP contribution >= 0.6 is 0 Å². The van der Waals surface area contributed by atoms with E-state index in [-0.39, 0.29) is 11.7 Å². The van der Waals surface area contributed by atoms with Crippen molar-refractivity contribution in [3.05, 3.63) is 63.7 Å². The van der Waals surface area contributed by atoms with Crippen LogP contribution in [0.4, 0.5) is 5.69 Å². The summed E-state index contributed by atoms with van der Waals surface area (Å²) in [5, 5.41) is 0. The summed E-state index contributed by atoms with van der Waals surface area (Å²) < 4.78 is 0. The van der Waals surface area contributed by atoms with Crippen molar-refractivity contribution < 1.29 is 9.59 Å². The summed E-state index contributed by atoms with van der Waals surface area (Å²) in [4.78, 5) is 28.3. The Morgan fingerprint density at radius 1 is 1.04 bits per heavy atom. The van der Waals surface area contributed by atoms with Crippen molar-refractivity contribution in [3.8, 4) is 0 Å². The molecule has 0 N–H and O–H groups in total. The summed E-state index contributed by atoms with van der Waals surface area (Å²) in [6.45, 7) is 6.74. The molecule has 24 heavy (non-hydrogen) atoms. The Labute approximate surface area is 142 Å². The Kier molecular flexibility index (Phi) is 3.34. The summed E-state index contributed by atoms with van der Waals surface area (Å²) in [6, 6.07) is 9.97. The fourth-order valence-corrected chi connectivity index (χ4v) is 4.40. The van der Waals surface area contributed by atoms with Gasteiger partial charge < -0.3 is 4.90 Å². The number of hydrogen-bond donors (Lipinski definition) is 0. The van der Waals surface area contributed by atoms with E-state index < -0.39 is 5.92 Å². The first-order valence-corrected chi connectivity index (χ1v) is 8.54. The third kappa shape index (κ3) is 2.04. The molecule has 0 bridgehead atoms. The van der Waals surface area contributed by atoms with Gasteiger partial charge in [-0.25, -0.2) is 0 Å². The van der Waals surface area contributed by atoms with E-state index in [4.69, 9.17) is 0 Å². The number of benzene rings is 2. The van der Waals surface area contributed by atoms with Gasteiger partial charge in [-0.1, -0.05) is 29.8 Å². The van der Waals surface area contributed by atoms with Gasteiger partial charge in [-0.2, -0.15) is 0 Å². The van der Waals surface area contributed by atoms with Crippen molar-refractivity contribution in [1.29, 1.82) is 0 Å². The van der Waals surface area contributed by atoms with E-state index in [1.807, 2.05) is 43.9 Å². The number of carbonyl (C=O) groups excluding carboxylic acids is 2. The van der Waals surface area contributed by atoms with Gasteiger partial charge >= 0.3 is 0 Å². The molecule has 3 heteroatoms. The first-order chi connectivity index (χ1) is 11.5. The van der Waals surface area contributed by atoms with Crippen LogP contribution in [0.25, 0.3) is 0 Å². The molecule has 0 aliphatic carbocycles. The Hall–Kier alpha value is -2.42. The zero-order valence-electron chi connectivity index (χ0n) is 14.3. The van der Waals surface area contributed by atoms with Gasteiger partial charge in [0.15, 0.2) is 5.78 Å². The lowest BCUT2D eigenvalue weighted by Gasteiger charge is -2.38. The van der Waals surface area contributed by atoms with Crippen molar-refractivity contribution >= 4 is 17.4 Å². The van der Waals surface area contributed by atoms with Crippen molar-refractivity contribution in [1.82, 2.24) is 0 Å². The second-order valence-electron chi connectivity index (χ2n) is 7.02. The highest BCUT2D eigenvalue weighted by molar-refractivity contribution is 6.25. The maximum absolute atomic E-state index is 13.2. The maximum atomic E-state index is 13.2. The Morgan fingerprint density at radius 3 is 2.46 bits per heavy atom. The van der Waals surface area contributed by atoms with E-state index in [1.54, 1.807) is 0 Å². The van der Waals surface area contributed by atoms with Gasteiger partial charge in [-0.15, -0.1) is 0 Å². The van der Waals surface area contributed by atoms with Crippen LogP contribution in [0.2, 0.25) is 0 Å². The average Bonchev–Trinajstić information content (AvgIpc) is 2.54. The van der Waals surface area contributed by atoms with E-state index in [2.05, 4.69) is 12.1 Å². The normalized spacial score (nSPS) is 19.5. The van der Waals surface area contributed by atoms with Gasteiger partial charge in [0, 0.05) is 12.1 Å². The molecular weight excluding hydrogens is 298 g/mol. The molecule has 1 unspecified atom stereocenters. The highest BCUT2D eigenvalue weighted by Gasteiger charge is 2.43. The minimum absolute atomic E-state index is 0.0509. The predicted molar refractivity (Wildman–Crippen MR) is 94.8 cm³/mol. The molecule has 1 atom stereocenters. The average molecular weight is 319 g/mol. The number of ketones is 1. The van der Waals surface area contributed by atoms with Gasteiger partial charge in [0.05, 0.1) is 5.69 Å². The van der Waals surface area contributed by atoms with Crippen LogP contribution in [0.3, 0.4) is 0 Å². The van der Waals surface area contributed by atoms with Gasteiger partial charge in [0.25, 0.3) is 0 Å². The molecular formula is C21H21NO2. The third-order valence-corrected chi connectivity index (χ3v) is 5.28. The molecule has 0 radical (unpaired) electrons. The topological polar surface area (TPSA) is 37.4 Å². The molecule has 0 spiro atoms. The van der Waals surface area contributed by atoms with Crippen molar-refractivity contribution in [2.24, 2.45) is 0 Å². The quantitative estimate of drug-likeness (QED) is 0.748. The lowest BCUT2D eigenvalue weighted by Crippen LogP contribution is -2.46. The zero-order chi connectivity index (χ0) is 17.0. The molecule has 122 valence electrons. The standard InChI is InChI=1S/C21H21NO2/c1-12-10-13(2)17(14(3)11-12)18-20(23)16-8-4-6-15-7-5-9-22(19(15)16)21(18)24/h4,6,8,10-11,18H,5,7,9H2,1-3H3. The largest absolute Gasteiger partial charge is 0.310 e. The zero-order valence-corrected chi connectivity index (χ0v) is 14.3. The van der Waals surface area contributed by atoms with Crippen molar-refractivity contribution in [2.75, 3.05) is 11.4 Å².